The number of carbonyl (C=O) groups excluding carboxylic acids is 1. The molecule has 1 aromatic rings. The maximum Gasteiger partial charge on any atom is 0.315 e. The molecule has 1 saturated heterocycles. The van der Waals surface area contributed by atoms with E-state index in [2.05, 4.69) is 6.92 Å². The fourth-order valence-electron chi connectivity index (χ4n) is 2.50. The van der Waals surface area contributed by atoms with Crippen LogP contribution in [0.4, 0.5) is 0 Å². The molecule has 0 N–H and O–H groups in total. The number of esters is 1. The van der Waals surface area contributed by atoms with Crippen molar-refractivity contribution in [1.82, 2.24) is 0 Å². The van der Waals surface area contributed by atoms with Crippen LogP contribution in [0.15, 0.2) is 30.3 Å². The van der Waals surface area contributed by atoms with Gasteiger partial charge in [-0.1, -0.05) is 37.3 Å². The van der Waals surface area contributed by atoms with E-state index in [1.54, 1.807) is 0 Å². The Hall–Kier alpha value is -0.610. The first kappa shape index (κ1) is 14.8. The SMILES string of the molecule is CCC1(C(C(=O)OC)c2ccccc2)SCCCS1. The zero-order valence-electron chi connectivity index (χ0n) is 11.4. The molecule has 0 amide bonds. The lowest BCUT2D eigenvalue weighted by Gasteiger charge is -2.40. The van der Waals surface area contributed by atoms with Crippen molar-refractivity contribution in [3.05, 3.63) is 35.9 Å². The van der Waals surface area contributed by atoms with Crippen LogP contribution in [0, 0.1) is 0 Å². The fraction of sp³-hybridized carbons (Fsp3) is 0.533. The Balaban J connectivity index is 2.39. The van der Waals surface area contributed by atoms with Gasteiger partial charge in [0.2, 0.25) is 0 Å². The summed E-state index contributed by atoms with van der Waals surface area (Å²) in [6.45, 7) is 2.17. The number of carbonyl (C=O) groups is 1. The molecule has 19 heavy (non-hydrogen) atoms. The second-order valence-corrected chi connectivity index (χ2v) is 7.69. The van der Waals surface area contributed by atoms with Crippen LogP contribution in [0.2, 0.25) is 0 Å². The number of hydrogen-bond acceptors (Lipinski definition) is 4. The maximum absolute atomic E-state index is 12.3. The van der Waals surface area contributed by atoms with Crippen molar-refractivity contribution in [2.75, 3.05) is 18.6 Å². The highest BCUT2D eigenvalue weighted by Gasteiger charge is 2.45. The smallest absolute Gasteiger partial charge is 0.315 e. The monoisotopic (exact) mass is 296 g/mol. The van der Waals surface area contributed by atoms with E-state index in [4.69, 9.17) is 4.74 Å². The largest absolute Gasteiger partial charge is 0.468 e. The zero-order chi connectivity index (χ0) is 13.7. The van der Waals surface area contributed by atoms with E-state index >= 15 is 0 Å². The summed E-state index contributed by atoms with van der Waals surface area (Å²) in [5, 5.41) is 0. The van der Waals surface area contributed by atoms with E-state index in [0.29, 0.717) is 0 Å². The van der Waals surface area contributed by atoms with Gasteiger partial charge in [-0.15, -0.1) is 23.5 Å². The molecule has 1 aliphatic heterocycles. The quantitative estimate of drug-likeness (QED) is 0.787. The fourth-order valence-corrected chi connectivity index (χ4v) is 5.99. The van der Waals surface area contributed by atoms with E-state index in [1.165, 1.54) is 13.5 Å². The normalized spacial score (nSPS) is 19.7. The summed E-state index contributed by atoms with van der Waals surface area (Å²) in [7, 11) is 1.49. The van der Waals surface area contributed by atoms with E-state index < -0.39 is 0 Å². The number of hydrogen-bond donors (Lipinski definition) is 0. The third-order valence-electron chi connectivity index (χ3n) is 3.48. The van der Waals surface area contributed by atoms with Gasteiger partial charge in [0.15, 0.2) is 0 Å². The molecule has 0 spiro atoms. The number of thioether (sulfide) groups is 2. The number of ether oxygens (including phenoxy) is 1. The third kappa shape index (κ3) is 3.11. The van der Waals surface area contributed by atoms with Gasteiger partial charge in [0.05, 0.1) is 11.2 Å². The van der Waals surface area contributed by atoms with Gasteiger partial charge in [0.1, 0.15) is 5.92 Å². The summed E-state index contributed by atoms with van der Waals surface area (Å²) >= 11 is 3.84. The molecular weight excluding hydrogens is 276 g/mol. The van der Waals surface area contributed by atoms with Crippen molar-refractivity contribution in [1.29, 1.82) is 0 Å². The highest BCUT2D eigenvalue weighted by molar-refractivity contribution is 8.18. The summed E-state index contributed by atoms with van der Waals surface area (Å²) in [6, 6.07) is 10.0. The minimum atomic E-state index is -0.181. The van der Waals surface area contributed by atoms with Crippen molar-refractivity contribution in [3.8, 4) is 0 Å². The van der Waals surface area contributed by atoms with Crippen LogP contribution in [-0.2, 0) is 9.53 Å². The molecule has 1 aliphatic rings. The lowest BCUT2D eigenvalue weighted by Crippen LogP contribution is -2.37. The van der Waals surface area contributed by atoms with Gasteiger partial charge in [-0.25, -0.2) is 0 Å². The van der Waals surface area contributed by atoms with Gasteiger partial charge in [0.25, 0.3) is 0 Å². The second-order valence-electron chi connectivity index (χ2n) is 4.58. The first-order valence-electron chi connectivity index (χ1n) is 6.64. The third-order valence-corrected chi connectivity index (χ3v) is 7.20. The molecule has 0 radical (unpaired) electrons. The molecule has 2 rings (SSSR count). The molecule has 4 heteroatoms. The van der Waals surface area contributed by atoms with Gasteiger partial charge >= 0.3 is 5.97 Å². The van der Waals surface area contributed by atoms with E-state index in [-0.39, 0.29) is 16.0 Å². The van der Waals surface area contributed by atoms with Gasteiger partial charge in [-0.2, -0.15) is 0 Å². The topological polar surface area (TPSA) is 26.3 Å². The Morgan fingerprint density at radius 2 is 1.95 bits per heavy atom. The van der Waals surface area contributed by atoms with Gasteiger partial charge in [0, 0.05) is 0 Å². The van der Waals surface area contributed by atoms with Crippen molar-refractivity contribution in [2.45, 2.75) is 29.8 Å². The van der Waals surface area contributed by atoms with Crippen LogP contribution in [0.3, 0.4) is 0 Å². The van der Waals surface area contributed by atoms with E-state index in [0.717, 1.165) is 23.5 Å². The van der Waals surface area contributed by atoms with Crippen LogP contribution in [0.25, 0.3) is 0 Å². The Morgan fingerprint density at radius 1 is 1.32 bits per heavy atom. The van der Waals surface area contributed by atoms with Crippen molar-refractivity contribution in [2.24, 2.45) is 0 Å². The molecule has 1 aromatic carbocycles. The molecule has 1 atom stereocenters. The Bertz CT molecular complexity index is 413. The summed E-state index contributed by atoms with van der Waals surface area (Å²) in [4.78, 5) is 12.3. The van der Waals surface area contributed by atoms with Crippen LogP contribution in [-0.4, -0.2) is 28.7 Å². The van der Waals surface area contributed by atoms with E-state index in [9.17, 15) is 4.79 Å². The molecule has 0 aliphatic carbocycles. The average Bonchev–Trinajstić information content (AvgIpc) is 2.49. The lowest BCUT2D eigenvalue weighted by atomic mass is 9.93. The molecule has 1 unspecified atom stereocenters. The zero-order valence-corrected chi connectivity index (χ0v) is 13.1. The Kier molecular flexibility index (Phi) is 5.22. The summed E-state index contributed by atoms with van der Waals surface area (Å²) < 4.78 is 5.00. The standard InChI is InChI=1S/C15H20O2S2/c1-3-15(18-10-7-11-19-15)13(14(16)17-2)12-8-5-4-6-9-12/h4-6,8-9,13H,3,7,10-11H2,1-2H3. The first-order chi connectivity index (χ1) is 9.23. The van der Waals surface area contributed by atoms with Crippen LogP contribution >= 0.6 is 23.5 Å². The predicted octanol–water partition coefficient (Wildman–Crippen LogP) is 3.92. The molecule has 0 bridgehead atoms. The highest BCUT2D eigenvalue weighted by atomic mass is 32.2. The summed E-state index contributed by atoms with van der Waals surface area (Å²) in [6.07, 6.45) is 2.19. The number of benzene rings is 1. The summed E-state index contributed by atoms with van der Waals surface area (Å²) in [5.41, 5.74) is 1.07. The van der Waals surface area contributed by atoms with Crippen molar-refractivity contribution in [3.63, 3.8) is 0 Å². The molecule has 104 valence electrons. The van der Waals surface area contributed by atoms with Gasteiger partial charge in [-0.05, 0) is 29.9 Å². The molecular formula is C15H20O2S2. The summed E-state index contributed by atoms with van der Waals surface area (Å²) in [5.74, 6) is 1.96. The second kappa shape index (κ2) is 6.71. The number of rotatable bonds is 4. The molecule has 0 saturated carbocycles. The molecule has 2 nitrogen and oxygen atoms in total. The molecule has 0 aromatic heterocycles. The lowest BCUT2D eigenvalue weighted by molar-refractivity contribution is -0.142. The van der Waals surface area contributed by atoms with Crippen LogP contribution in [0.1, 0.15) is 31.2 Å². The molecule has 1 fully saturated rings. The Labute approximate surface area is 123 Å². The Morgan fingerprint density at radius 3 is 2.47 bits per heavy atom. The van der Waals surface area contributed by atoms with Crippen molar-refractivity contribution < 1.29 is 9.53 Å². The molecule has 1 heterocycles. The maximum atomic E-state index is 12.3. The first-order valence-corrected chi connectivity index (χ1v) is 8.61. The van der Waals surface area contributed by atoms with Gasteiger partial charge < -0.3 is 4.74 Å². The predicted molar refractivity (Wildman–Crippen MR) is 83.8 cm³/mol. The van der Waals surface area contributed by atoms with Crippen molar-refractivity contribution >= 4 is 29.5 Å². The van der Waals surface area contributed by atoms with Crippen LogP contribution in [0.5, 0.6) is 0 Å². The van der Waals surface area contributed by atoms with Gasteiger partial charge in [-0.3, -0.25) is 4.79 Å². The van der Waals surface area contributed by atoms with Crippen LogP contribution < -0.4 is 0 Å². The minimum absolute atomic E-state index is 0.0767. The average molecular weight is 296 g/mol. The van der Waals surface area contributed by atoms with E-state index in [1.807, 2.05) is 53.9 Å². The minimum Gasteiger partial charge on any atom is -0.468 e. The highest BCUT2D eigenvalue weighted by Crippen LogP contribution is 2.53. The number of methoxy groups -OCH3 is 1.